The number of nitrogens with one attached hydrogen (secondary N) is 2. The van der Waals surface area contributed by atoms with Gasteiger partial charge in [-0.15, -0.1) is 0 Å². The largest absolute Gasteiger partial charge is 0.506 e. The first-order valence-corrected chi connectivity index (χ1v) is 9.33. The highest BCUT2D eigenvalue weighted by atomic mass is 16.5. The van der Waals surface area contributed by atoms with E-state index in [4.69, 9.17) is 23.2 Å². The summed E-state index contributed by atoms with van der Waals surface area (Å²) in [6.45, 7) is -0.941. The Morgan fingerprint density at radius 3 is 2.36 bits per heavy atom. The van der Waals surface area contributed by atoms with Gasteiger partial charge in [0.25, 0.3) is 0 Å². The predicted molar refractivity (Wildman–Crippen MR) is 121 cm³/mol. The molecule has 33 heavy (non-hydrogen) atoms. The minimum Gasteiger partial charge on any atom is -0.506 e. The van der Waals surface area contributed by atoms with Crippen LogP contribution in [0.5, 0.6) is 11.5 Å². The Labute approximate surface area is 199 Å². The number of carbonyl (C=O) groups is 3. The zero-order valence-corrected chi connectivity index (χ0v) is 17.5. The first-order valence-electron chi connectivity index (χ1n) is 12.3. The van der Waals surface area contributed by atoms with Gasteiger partial charge in [-0.1, -0.05) is 18.2 Å². The molecule has 0 aliphatic rings. The van der Waals surface area contributed by atoms with E-state index in [1.54, 1.807) is 19.1 Å². The standard InChI is InChI=1S/C19H24N2O4.C4H4O4/c1-13(9-14-3-6-16(25-2)7-4-14)20-11-19(24)15-5-8-18(23)17(10-15)21-12-22;5-3(6)1-2-4(7)8/h3-8,10,12-13,19-20,23-24H,9,11H2,1-2H3,(H,21,22);1-2H,(H,5,6)(H,7,8)/b;2-1+/i2D3,11D2,19D;. The lowest BCUT2D eigenvalue weighted by Crippen LogP contribution is -2.32. The third-order valence-corrected chi connectivity index (χ3v) is 3.87. The molecule has 0 saturated heterocycles. The van der Waals surface area contributed by atoms with Gasteiger partial charge in [0.05, 0.1) is 24.3 Å². The summed E-state index contributed by atoms with van der Waals surface area (Å²) in [7, 11) is -2.56. The Kier molecular flexibility index (Phi) is 8.04. The molecule has 0 bridgehead atoms. The van der Waals surface area contributed by atoms with Gasteiger partial charge in [-0.25, -0.2) is 9.59 Å². The van der Waals surface area contributed by atoms with Gasteiger partial charge in [-0.2, -0.15) is 0 Å². The number of phenols is 1. The van der Waals surface area contributed by atoms with Crippen LogP contribution >= 0.6 is 0 Å². The zero-order valence-electron chi connectivity index (χ0n) is 23.5. The number of aromatic hydroxyl groups is 1. The van der Waals surface area contributed by atoms with E-state index in [1.807, 2.05) is 0 Å². The van der Waals surface area contributed by atoms with Gasteiger partial charge in [-0.3, -0.25) is 4.79 Å². The highest BCUT2D eigenvalue weighted by molar-refractivity contribution is 5.89. The SMILES string of the molecule is O=C(O)/C=C/C(=O)O.[2H]C([2H])([2H])Oc1ccc(CC(C)NC([2H])([2H])C([2H])(O)c2ccc(O)c(NC=O)c2)cc1. The molecule has 0 fully saturated rings. The number of ether oxygens (including phenoxy) is 1. The number of methoxy groups -OCH3 is 1. The van der Waals surface area contributed by atoms with Crippen LogP contribution in [0.4, 0.5) is 5.69 Å². The normalized spacial score (nSPS) is 16.7. The predicted octanol–water partition coefficient (Wildman–Crippen LogP) is 1.94. The maximum Gasteiger partial charge on any atom is 0.328 e. The number of hydrogen-bond donors (Lipinski definition) is 6. The molecule has 2 atom stereocenters. The maximum atomic E-state index is 10.6. The Morgan fingerprint density at radius 1 is 1.18 bits per heavy atom. The lowest BCUT2D eigenvalue weighted by atomic mass is 10.1. The van der Waals surface area contributed by atoms with Gasteiger partial charge in [0, 0.05) is 27.4 Å². The van der Waals surface area contributed by atoms with Gasteiger partial charge in [0.1, 0.15) is 11.5 Å². The van der Waals surface area contributed by atoms with E-state index in [2.05, 4.69) is 10.6 Å². The number of carboxylic acid groups (broad SMARTS) is 2. The average molecular weight is 467 g/mol. The second-order valence-corrected chi connectivity index (χ2v) is 6.47. The van der Waals surface area contributed by atoms with Crippen LogP contribution in [0, 0.1) is 0 Å². The fourth-order valence-corrected chi connectivity index (χ4v) is 2.37. The smallest absolute Gasteiger partial charge is 0.328 e. The van der Waals surface area contributed by atoms with Crippen LogP contribution in [-0.2, 0) is 20.8 Å². The molecule has 178 valence electrons. The molecule has 0 saturated carbocycles. The van der Waals surface area contributed by atoms with Crippen LogP contribution < -0.4 is 15.4 Å². The Morgan fingerprint density at radius 2 is 1.82 bits per heavy atom. The molecular formula is C23H28N2O8. The van der Waals surface area contributed by atoms with Crippen LogP contribution in [0.1, 0.15) is 32.4 Å². The van der Waals surface area contributed by atoms with Crippen molar-refractivity contribution in [1.82, 2.24) is 5.32 Å². The monoisotopic (exact) mass is 466 g/mol. The van der Waals surface area contributed by atoms with Gasteiger partial charge < -0.3 is 35.8 Å². The van der Waals surface area contributed by atoms with Crippen molar-refractivity contribution in [3.63, 3.8) is 0 Å². The van der Waals surface area contributed by atoms with Crippen molar-refractivity contribution in [2.24, 2.45) is 0 Å². The molecule has 2 aromatic rings. The molecule has 10 heteroatoms. The number of carboxylic acids is 2. The molecule has 2 aromatic carbocycles. The summed E-state index contributed by atoms with van der Waals surface area (Å²) in [6.07, 6.45) is -1.00. The summed E-state index contributed by atoms with van der Waals surface area (Å²) in [5.41, 5.74) is 0.510. The summed E-state index contributed by atoms with van der Waals surface area (Å²) >= 11 is 0. The maximum absolute atomic E-state index is 10.6. The number of benzene rings is 2. The number of carbonyl (C=O) groups excluding carboxylic acids is 1. The molecule has 0 spiro atoms. The molecule has 0 radical (unpaired) electrons. The molecule has 0 aliphatic heterocycles. The van der Waals surface area contributed by atoms with Crippen LogP contribution in [-0.4, -0.2) is 58.4 Å². The van der Waals surface area contributed by atoms with E-state index in [9.17, 15) is 24.6 Å². The summed E-state index contributed by atoms with van der Waals surface area (Å²) in [5, 5.41) is 40.8. The van der Waals surface area contributed by atoms with E-state index in [0.717, 1.165) is 17.7 Å². The number of phenolic OH excluding ortho intramolecular Hbond substituents is 1. The number of rotatable bonds is 11. The Hall–Kier alpha value is -3.89. The first kappa shape index (κ1) is 18.7. The topological polar surface area (TPSA) is 165 Å². The first-order chi connectivity index (χ1) is 17.9. The number of amides is 1. The summed E-state index contributed by atoms with van der Waals surface area (Å²) in [6, 6.07) is 9.17. The summed E-state index contributed by atoms with van der Waals surface area (Å²) in [4.78, 5) is 29.7. The molecular weight excluding hydrogens is 432 g/mol. The third-order valence-electron chi connectivity index (χ3n) is 3.87. The molecule has 2 unspecified atom stereocenters. The van der Waals surface area contributed by atoms with Crippen LogP contribution in [0.25, 0.3) is 0 Å². The highest BCUT2D eigenvalue weighted by Gasteiger charge is 2.12. The van der Waals surface area contributed by atoms with E-state index < -0.39 is 37.6 Å². The number of hydrogen-bond acceptors (Lipinski definition) is 7. The number of aliphatic carboxylic acids is 2. The van der Waals surface area contributed by atoms with E-state index in [1.165, 1.54) is 18.2 Å². The lowest BCUT2D eigenvalue weighted by Gasteiger charge is -2.18. The van der Waals surface area contributed by atoms with Crippen LogP contribution in [0.15, 0.2) is 54.6 Å². The molecule has 1 amide bonds. The second-order valence-electron chi connectivity index (χ2n) is 6.47. The molecule has 6 N–H and O–H groups in total. The van der Waals surface area contributed by atoms with Crippen molar-refractivity contribution in [2.75, 3.05) is 18.9 Å². The average Bonchev–Trinajstić information content (AvgIpc) is 2.79. The van der Waals surface area contributed by atoms with E-state index in [-0.39, 0.29) is 22.7 Å². The van der Waals surface area contributed by atoms with E-state index in [0.29, 0.717) is 25.0 Å². The van der Waals surface area contributed by atoms with Crippen molar-refractivity contribution in [3.8, 4) is 11.5 Å². The van der Waals surface area contributed by atoms with E-state index >= 15 is 0 Å². The fraction of sp³-hybridized carbons (Fsp3) is 0.261. The van der Waals surface area contributed by atoms with Crippen molar-refractivity contribution < 1.29 is 47.8 Å². The van der Waals surface area contributed by atoms with Crippen molar-refractivity contribution >= 4 is 24.0 Å². The summed E-state index contributed by atoms with van der Waals surface area (Å²) in [5.74, 6) is -2.63. The minimum absolute atomic E-state index is 0.0682. The Balaban J connectivity index is 0.000000824. The van der Waals surface area contributed by atoms with Gasteiger partial charge >= 0.3 is 11.9 Å². The highest BCUT2D eigenvalue weighted by Crippen LogP contribution is 2.26. The fourth-order valence-electron chi connectivity index (χ4n) is 2.37. The molecule has 10 nitrogen and oxygen atoms in total. The number of anilines is 1. The molecule has 0 aromatic heterocycles. The van der Waals surface area contributed by atoms with Crippen molar-refractivity contribution in [1.29, 1.82) is 0 Å². The molecule has 2 rings (SSSR count). The van der Waals surface area contributed by atoms with Crippen LogP contribution in [0.2, 0.25) is 0 Å². The third kappa shape index (κ3) is 10.8. The van der Waals surface area contributed by atoms with Crippen LogP contribution in [0.3, 0.4) is 0 Å². The number of aliphatic hydroxyl groups is 1. The lowest BCUT2D eigenvalue weighted by molar-refractivity contribution is -0.134. The van der Waals surface area contributed by atoms with Crippen molar-refractivity contribution in [3.05, 3.63) is 65.7 Å². The van der Waals surface area contributed by atoms with Gasteiger partial charge in [0.15, 0.2) is 0 Å². The molecule has 0 aliphatic carbocycles. The summed E-state index contributed by atoms with van der Waals surface area (Å²) < 4.78 is 50.7. The van der Waals surface area contributed by atoms with Crippen molar-refractivity contribution in [2.45, 2.75) is 25.5 Å². The second kappa shape index (κ2) is 14.2. The minimum atomic E-state index is -2.74. The van der Waals surface area contributed by atoms with Gasteiger partial charge in [0.2, 0.25) is 6.41 Å². The zero-order chi connectivity index (χ0) is 30.0. The Bertz CT molecular complexity index is 1150. The van der Waals surface area contributed by atoms with Gasteiger partial charge in [-0.05, 0) is 48.7 Å². The quantitative estimate of drug-likeness (QED) is 0.165. The molecule has 0 heterocycles.